The Morgan fingerprint density at radius 1 is 1.07 bits per heavy atom. The van der Waals surface area contributed by atoms with E-state index in [0.717, 1.165) is 35.5 Å². The zero-order chi connectivity index (χ0) is 19.8. The van der Waals surface area contributed by atoms with Crippen molar-refractivity contribution in [2.24, 2.45) is 0 Å². The molecule has 0 spiro atoms. The standard InChI is InChI=1S/C22H21N3O3/c1-3-24-11-10-16-12-15(8-9-19(16)24)13-17-20(26)23-22(28)25(21(17)27)18-7-5-4-6-14(18)2/h4-9,12-13H,3,10-11H2,1-2H3,(H,23,26,28)/b17-13-. The lowest BCUT2D eigenvalue weighted by Gasteiger charge is -2.27. The van der Waals surface area contributed by atoms with Crippen LogP contribution in [0.4, 0.5) is 16.2 Å². The van der Waals surface area contributed by atoms with Crippen LogP contribution in [-0.4, -0.2) is 30.9 Å². The molecule has 0 unspecified atom stereocenters. The van der Waals surface area contributed by atoms with Gasteiger partial charge in [-0.05, 0) is 61.2 Å². The van der Waals surface area contributed by atoms with Crippen LogP contribution >= 0.6 is 0 Å². The number of carbonyl (C=O) groups excluding carboxylic acids is 3. The minimum atomic E-state index is -0.728. The summed E-state index contributed by atoms with van der Waals surface area (Å²) in [6.07, 6.45) is 2.50. The molecule has 4 amide bonds. The molecule has 2 aliphatic rings. The summed E-state index contributed by atoms with van der Waals surface area (Å²) < 4.78 is 0. The number of fused-ring (bicyclic) bond motifs is 1. The van der Waals surface area contributed by atoms with Gasteiger partial charge in [-0.25, -0.2) is 9.69 Å². The van der Waals surface area contributed by atoms with Crippen molar-refractivity contribution in [1.82, 2.24) is 5.32 Å². The molecule has 6 heteroatoms. The summed E-state index contributed by atoms with van der Waals surface area (Å²) >= 11 is 0. The van der Waals surface area contributed by atoms with Crippen LogP contribution in [-0.2, 0) is 16.0 Å². The van der Waals surface area contributed by atoms with E-state index < -0.39 is 17.8 Å². The number of nitrogens with zero attached hydrogens (tertiary/aromatic N) is 2. The van der Waals surface area contributed by atoms with Gasteiger partial charge in [0, 0.05) is 18.8 Å². The van der Waals surface area contributed by atoms with Crippen molar-refractivity contribution in [2.75, 3.05) is 22.9 Å². The van der Waals surface area contributed by atoms with Gasteiger partial charge >= 0.3 is 6.03 Å². The lowest BCUT2D eigenvalue weighted by Crippen LogP contribution is -2.54. The van der Waals surface area contributed by atoms with E-state index in [0.29, 0.717) is 5.69 Å². The molecule has 2 aliphatic heterocycles. The summed E-state index contributed by atoms with van der Waals surface area (Å²) in [6.45, 7) is 5.85. The third-order valence-electron chi connectivity index (χ3n) is 5.25. The van der Waals surface area contributed by atoms with Crippen LogP contribution in [0.3, 0.4) is 0 Å². The molecule has 1 N–H and O–H groups in total. The van der Waals surface area contributed by atoms with Gasteiger partial charge in [0.25, 0.3) is 11.8 Å². The third-order valence-corrected chi connectivity index (χ3v) is 5.25. The summed E-state index contributed by atoms with van der Waals surface area (Å²) in [4.78, 5) is 41.0. The molecule has 2 aromatic carbocycles. The number of urea groups is 1. The minimum absolute atomic E-state index is 0.0480. The molecule has 4 rings (SSSR count). The van der Waals surface area contributed by atoms with Crippen LogP contribution in [0.5, 0.6) is 0 Å². The first kappa shape index (κ1) is 18.0. The van der Waals surface area contributed by atoms with Crippen molar-refractivity contribution >= 4 is 35.3 Å². The van der Waals surface area contributed by atoms with Crippen molar-refractivity contribution < 1.29 is 14.4 Å². The lowest BCUT2D eigenvalue weighted by molar-refractivity contribution is -0.122. The molecule has 0 radical (unpaired) electrons. The Balaban J connectivity index is 1.71. The van der Waals surface area contributed by atoms with E-state index in [4.69, 9.17) is 0 Å². The normalized spacial score (nSPS) is 17.9. The zero-order valence-corrected chi connectivity index (χ0v) is 15.9. The van der Waals surface area contributed by atoms with Crippen LogP contribution < -0.4 is 15.1 Å². The number of para-hydroxylation sites is 1. The number of nitrogens with one attached hydrogen (secondary N) is 1. The number of barbiturate groups is 1. The number of anilines is 2. The molecule has 28 heavy (non-hydrogen) atoms. The molecular weight excluding hydrogens is 354 g/mol. The second-order valence-corrected chi connectivity index (χ2v) is 6.96. The van der Waals surface area contributed by atoms with Gasteiger partial charge in [-0.3, -0.25) is 14.9 Å². The highest BCUT2D eigenvalue weighted by Crippen LogP contribution is 2.30. The molecule has 2 heterocycles. The molecule has 0 bridgehead atoms. The van der Waals surface area contributed by atoms with Gasteiger partial charge in [-0.15, -0.1) is 0 Å². The number of amides is 4. The molecule has 0 saturated carbocycles. The predicted octanol–water partition coefficient (Wildman–Crippen LogP) is 3.04. The number of aryl methyl sites for hydroxylation is 1. The Hall–Kier alpha value is -3.41. The average Bonchev–Trinajstić information content (AvgIpc) is 3.09. The largest absolute Gasteiger partial charge is 0.371 e. The van der Waals surface area contributed by atoms with E-state index in [-0.39, 0.29) is 5.57 Å². The molecule has 6 nitrogen and oxygen atoms in total. The summed E-state index contributed by atoms with van der Waals surface area (Å²) in [5.74, 6) is -1.28. The number of hydrogen-bond acceptors (Lipinski definition) is 4. The smallest absolute Gasteiger partial charge is 0.335 e. The Bertz CT molecular complexity index is 1030. The summed E-state index contributed by atoms with van der Waals surface area (Å²) in [6, 6.07) is 12.3. The van der Waals surface area contributed by atoms with E-state index in [9.17, 15) is 14.4 Å². The Morgan fingerprint density at radius 2 is 1.86 bits per heavy atom. The highest BCUT2D eigenvalue weighted by atomic mass is 16.2. The molecule has 2 aromatic rings. The van der Waals surface area contributed by atoms with E-state index in [2.05, 4.69) is 17.1 Å². The van der Waals surface area contributed by atoms with Crippen LogP contribution in [0.15, 0.2) is 48.0 Å². The number of imide groups is 2. The van der Waals surface area contributed by atoms with E-state index in [1.165, 1.54) is 11.3 Å². The molecule has 1 fully saturated rings. The van der Waals surface area contributed by atoms with E-state index >= 15 is 0 Å². The Kier molecular flexibility index (Phi) is 4.47. The molecule has 0 aliphatic carbocycles. The fourth-order valence-electron chi connectivity index (χ4n) is 3.77. The molecule has 0 aromatic heterocycles. The van der Waals surface area contributed by atoms with Crippen molar-refractivity contribution in [1.29, 1.82) is 0 Å². The third kappa shape index (κ3) is 2.97. The monoisotopic (exact) mass is 375 g/mol. The second kappa shape index (κ2) is 6.96. The average molecular weight is 375 g/mol. The predicted molar refractivity (Wildman–Crippen MR) is 108 cm³/mol. The maximum Gasteiger partial charge on any atom is 0.335 e. The van der Waals surface area contributed by atoms with Crippen LogP contribution in [0.2, 0.25) is 0 Å². The maximum atomic E-state index is 13.0. The number of likely N-dealkylation sites (N-methyl/N-ethyl adjacent to an activating group) is 1. The highest BCUT2D eigenvalue weighted by molar-refractivity contribution is 6.39. The van der Waals surface area contributed by atoms with Crippen LogP contribution in [0, 0.1) is 6.92 Å². The van der Waals surface area contributed by atoms with Crippen LogP contribution in [0.1, 0.15) is 23.6 Å². The number of carbonyl (C=O) groups is 3. The van der Waals surface area contributed by atoms with E-state index in [1.54, 1.807) is 18.2 Å². The topological polar surface area (TPSA) is 69.7 Å². The molecule has 0 atom stereocenters. The lowest BCUT2D eigenvalue weighted by atomic mass is 10.0. The molecular formula is C22H21N3O3. The summed E-state index contributed by atoms with van der Waals surface area (Å²) in [7, 11) is 0. The van der Waals surface area contributed by atoms with Gasteiger partial charge in [0.2, 0.25) is 0 Å². The van der Waals surface area contributed by atoms with Gasteiger partial charge < -0.3 is 4.90 Å². The van der Waals surface area contributed by atoms with Crippen molar-refractivity contribution in [3.8, 4) is 0 Å². The zero-order valence-electron chi connectivity index (χ0n) is 15.9. The number of hydrogen-bond donors (Lipinski definition) is 1. The first-order valence-corrected chi connectivity index (χ1v) is 9.34. The quantitative estimate of drug-likeness (QED) is 0.661. The van der Waals surface area contributed by atoms with E-state index in [1.807, 2.05) is 37.3 Å². The summed E-state index contributed by atoms with van der Waals surface area (Å²) in [5.41, 5.74) is 4.36. The van der Waals surface area contributed by atoms with Crippen molar-refractivity contribution in [3.63, 3.8) is 0 Å². The van der Waals surface area contributed by atoms with Gasteiger partial charge in [-0.1, -0.05) is 24.3 Å². The Labute approximate surface area is 163 Å². The van der Waals surface area contributed by atoms with Crippen LogP contribution in [0.25, 0.3) is 6.08 Å². The molecule has 142 valence electrons. The number of rotatable bonds is 3. The SMILES string of the molecule is CCN1CCc2cc(/C=C3/C(=O)NC(=O)N(c4ccccc4C)C3=O)ccc21. The van der Waals surface area contributed by atoms with Gasteiger partial charge in [0.05, 0.1) is 5.69 Å². The van der Waals surface area contributed by atoms with Crippen molar-refractivity contribution in [2.45, 2.75) is 20.3 Å². The van der Waals surface area contributed by atoms with Crippen molar-refractivity contribution in [3.05, 3.63) is 64.7 Å². The molecule has 1 saturated heterocycles. The number of benzene rings is 2. The second-order valence-electron chi connectivity index (χ2n) is 6.96. The fourth-order valence-corrected chi connectivity index (χ4v) is 3.77. The van der Waals surface area contributed by atoms with Gasteiger partial charge in [0.15, 0.2) is 0 Å². The summed E-state index contributed by atoms with van der Waals surface area (Å²) in [5, 5.41) is 2.28. The van der Waals surface area contributed by atoms with Gasteiger partial charge in [-0.2, -0.15) is 0 Å². The first-order chi connectivity index (χ1) is 13.5. The Morgan fingerprint density at radius 3 is 2.61 bits per heavy atom. The highest BCUT2D eigenvalue weighted by Gasteiger charge is 2.37. The minimum Gasteiger partial charge on any atom is -0.371 e. The first-order valence-electron chi connectivity index (χ1n) is 9.34. The maximum absolute atomic E-state index is 13.0. The fraction of sp³-hybridized carbons (Fsp3) is 0.227. The van der Waals surface area contributed by atoms with Gasteiger partial charge in [0.1, 0.15) is 5.57 Å².